The number of amides is 1. The number of hydrogen-bond donors (Lipinski definition) is 1. The Kier molecular flexibility index (Phi) is 3.11. The summed E-state index contributed by atoms with van der Waals surface area (Å²) >= 11 is 0. The van der Waals surface area contributed by atoms with Crippen LogP contribution in [0.4, 0.5) is 5.69 Å². The molecule has 1 unspecified atom stereocenters. The average molecular weight is 318 g/mol. The van der Waals surface area contributed by atoms with E-state index in [1.807, 2.05) is 18.2 Å². The smallest absolute Gasteiger partial charge is 0.241 e. The zero-order chi connectivity index (χ0) is 16.9. The molecule has 24 heavy (non-hydrogen) atoms. The highest BCUT2D eigenvalue weighted by Gasteiger charge is 2.59. The molecule has 0 aliphatic carbocycles. The summed E-state index contributed by atoms with van der Waals surface area (Å²) in [5.41, 5.74) is 4.09. The van der Waals surface area contributed by atoms with E-state index in [1.165, 1.54) is 11.1 Å². The predicted octanol–water partition coefficient (Wildman–Crippen LogP) is 3.63. The van der Waals surface area contributed by atoms with Crippen LogP contribution in [0.5, 0.6) is 0 Å². The van der Waals surface area contributed by atoms with Crippen LogP contribution in [0.25, 0.3) is 6.08 Å². The van der Waals surface area contributed by atoms with E-state index in [0.29, 0.717) is 6.54 Å². The molecule has 2 aliphatic heterocycles. The van der Waals surface area contributed by atoms with E-state index in [2.05, 4.69) is 73.5 Å². The highest BCUT2D eigenvalue weighted by molar-refractivity contribution is 5.91. The van der Waals surface area contributed by atoms with E-state index in [0.717, 1.165) is 11.3 Å². The van der Waals surface area contributed by atoms with Gasteiger partial charge in [-0.05, 0) is 30.2 Å². The Morgan fingerprint density at radius 3 is 2.62 bits per heavy atom. The van der Waals surface area contributed by atoms with E-state index < -0.39 is 5.66 Å². The number of rotatable bonds is 2. The second kappa shape index (κ2) is 4.97. The molecule has 0 aromatic heterocycles. The molecule has 2 aromatic rings. The zero-order valence-electron chi connectivity index (χ0n) is 14.3. The summed E-state index contributed by atoms with van der Waals surface area (Å²) in [5, 5.41) is 3.26. The van der Waals surface area contributed by atoms with Crippen LogP contribution < -0.4 is 10.2 Å². The summed E-state index contributed by atoms with van der Waals surface area (Å²) in [6.07, 6.45) is 4.27. The lowest BCUT2D eigenvalue weighted by Gasteiger charge is -2.40. The van der Waals surface area contributed by atoms with E-state index in [9.17, 15) is 4.79 Å². The lowest BCUT2D eigenvalue weighted by atomic mass is 9.75. The van der Waals surface area contributed by atoms with E-state index in [4.69, 9.17) is 0 Å². The maximum atomic E-state index is 12.3. The molecule has 1 atom stereocenters. The van der Waals surface area contributed by atoms with Crippen molar-refractivity contribution in [1.29, 1.82) is 0 Å². The van der Waals surface area contributed by atoms with Crippen molar-refractivity contribution in [3.8, 4) is 0 Å². The van der Waals surface area contributed by atoms with Crippen LogP contribution in [-0.2, 0) is 10.2 Å². The molecule has 1 saturated heterocycles. The highest BCUT2D eigenvalue weighted by atomic mass is 16.2. The van der Waals surface area contributed by atoms with Crippen LogP contribution in [-0.4, -0.2) is 18.1 Å². The molecule has 4 rings (SSSR count). The summed E-state index contributed by atoms with van der Waals surface area (Å²) < 4.78 is 0. The summed E-state index contributed by atoms with van der Waals surface area (Å²) in [4.78, 5) is 14.5. The minimum absolute atomic E-state index is 0.0759. The Balaban J connectivity index is 1.86. The molecule has 2 aliphatic rings. The third kappa shape index (κ3) is 1.94. The fraction of sp³-hybridized carbons (Fsp3) is 0.286. The van der Waals surface area contributed by atoms with Crippen LogP contribution in [0.1, 0.15) is 30.5 Å². The van der Waals surface area contributed by atoms with Gasteiger partial charge in [0.25, 0.3) is 0 Å². The molecule has 1 fully saturated rings. The van der Waals surface area contributed by atoms with Gasteiger partial charge in [-0.3, -0.25) is 4.79 Å². The van der Waals surface area contributed by atoms with Crippen LogP contribution in [0.3, 0.4) is 0 Å². The lowest BCUT2D eigenvalue weighted by Crippen LogP contribution is -2.58. The first-order valence-electron chi connectivity index (χ1n) is 8.38. The minimum Gasteiger partial charge on any atom is -0.335 e. The number of fused-ring (bicyclic) bond motifs is 3. The maximum Gasteiger partial charge on any atom is 0.241 e. The second-order valence-corrected chi connectivity index (χ2v) is 7.29. The van der Waals surface area contributed by atoms with E-state index in [1.54, 1.807) is 0 Å². The van der Waals surface area contributed by atoms with Gasteiger partial charge in [0.15, 0.2) is 0 Å². The molecule has 0 saturated carbocycles. The SMILES string of the molecule is Cc1ccc2c(c1)C(C)(C)C1(/C=C/c3ccccc3)NC(=O)CN21. The number of aryl methyl sites for hydroxylation is 1. The van der Waals surface area contributed by atoms with Crippen LogP contribution >= 0.6 is 0 Å². The minimum atomic E-state index is -0.518. The number of nitrogens with zero attached hydrogens (tertiary/aromatic N) is 1. The van der Waals surface area contributed by atoms with E-state index >= 15 is 0 Å². The van der Waals surface area contributed by atoms with Gasteiger partial charge in [-0.15, -0.1) is 0 Å². The lowest BCUT2D eigenvalue weighted by molar-refractivity contribution is -0.118. The number of benzene rings is 2. The van der Waals surface area contributed by atoms with Crippen molar-refractivity contribution in [2.45, 2.75) is 31.8 Å². The largest absolute Gasteiger partial charge is 0.335 e. The van der Waals surface area contributed by atoms with Gasteiger partial charge in [0, 0.05) is 11.1 Å². The quantitative estimate of drug-likeness (QED) is 0.917. The van der Waals surface area contributed by atoms with Gasteiger partial charge in [0.2, 0.25) is 5.91 Å². The summed E-state index contributed by atoms with van der Waals surface area (Å²) in [6, 6.07) is 16.7. The van der Waals surface area contributed by atoms with Gasteiger partial charge >= 0.3 is 0 Å². The molecule has 2 heterocycles. The Hall–Kier alpha value is -2.55. The monoisotopic (exact) mass is 318 g/mol. The normalized spacial score (nSPS) is 24.1. The van der Waals surface area contributed by atoms with Crippen LogP contribution in [0, 0.1) is 6.92 Å². The maximum absolute atomic E-state index is 12.3. The molecular weight excluding hydrogens is 296 g/mol. The molecule has 3 nitrogen and oxygen atoms in total. The number of carbonyl (C=O) groups is 1. The molecule has 1 amide bonds. The van der Waals surface area contributed by atoms with Crippen LogP contribution in [0.15, 0.2) is 54.6 Å². The van der Waals surface area contributed by atoms with Crippen LogP contribution in [0.2, 0.25) is 0 Å². The molecule has 122 valence electrons. The third-order valence-corrected chi connectivity index (χ3v) is 5.44. The van der Waals surface area contributed by atoms with Crippen molar-refractivity contribution < 1.29 is 4.79 Å². The Morgan fingerprint density at radius 2 is 1.88 bits per heavy atom. The topological polar surface area (TPSA) is 32.3 Å². The first-order valence-corrected chi connectivity index (χ1v) is 8.38. The number of nitrogens with one attached hydrogen (secondary N) is 1. The fourth-order valence-corrected chi connectivity index (χ4v) is 4.07. The van der Waals surface area contributed by atoms with Gasteiger partial charge in [-0.25, -0.2) is 0 Å². The summed E-state index contributed by atoms with van der Waals surface area (Å²) in [5.74, 6) is 0.0759. The number of hydrogen-bond acceptors (Lipinski definition) is 2. The van der Waals surface area contributed by atoms with Crippen molar-refractivity contribution in [2.24, 2.45) is 0 Å². The van der Waals surface area contributed by atoms with Gasteiger partial charge in [-0.2, -0.15) is 0 Å². The van der Waals surface area contributed by atoms with Gasteiger partial charge in [0.05, 0.1) is 6.54 Å². The molecular formula is C21H22N2O. The van der Waals surface area contributed by atoms with Crippen molar-refractivity contribution >= 4 is 17.7 Å². The molecule has 2 aromatic carbocycles. The zero-order valence-corrected chi connectivity index (χ0v) is 14.3. The molecule has 0 bridgehead atoms. The standard InChI is InChI=1S/C21H22N2O/c1-15-9-10-18-17(13-15)20(2,3)21(22-19(24)14-23(18)21)12-11-16-7-5-4-6-8-16/h4-13H,14H2,1-3H3,(H,22,24)/b12-11+. The Labute approximate surface area is 143 Å². The molecule has 3 heteroatoms. The van der Waals surface area contributed by atoms with E-state index in [-0.39, 0.29) is 11.3 Å². The Morgan fingerprint density at radius 1 is 1.12 bits per heavy atom. The van der Waals surface area contributed by atoms with Crippen molar-refractivity contribution in [2.75, 3.05) is 11.4 Å². The number of carbonyl (C=O) groups excluding carboxylic acids is 1. The highest BCUT2D eigenvalue weighted by Crippen LogP contribution is 2.53. The van der Waals surface area contributed by atoms with Gasteiger partial charge in [0.1, 0.15) is 5.66 Å². The summed E-state index contributed by atoms with van der Waals surface area (Å²) in [6.45, 7) is 6.95. The molecule has 1 N–H and O–H groups in total. The first-order chi connectivity index (χ1) is 11.4. The fourth-order valence-electron chi connectivity index (χ4n) is 4.07. The Bertz CT molecular complexity index is 838. The second-order valence-electron chi connectivity index (χ2n) is 7.29. The summed E-state index contributed by atoms with van der Waals surface area (Å²) in [7, 11) is 0. The van der Waals surface area contributed by atoms with Crippen molar-refractivity contribution in [3.05, 3.63) is 71.3 Å². The van der Waals surface area contributed by atoms with Crippen molar-refractivity contribution in [1.82, 2.24) is 5.32 Å². The van der Waals surface area contributed by atoms with Gasteiger partial charge in [-0.1, -0.05) is 68.0 Å². The third-order valence-electron chi connectivity index (χ3n) is 5.44. The molecule has 0 spiro atoms. The predicted molar refractivity (Wildman–Crippen MR) is 97.9 cm³/mol. The average Bonchev–Trinajstić information content (AvgIpc) is 2.98. The van der Waals surface area contributed by atoms with Crippen molar-refractivity contribution in [3.63, 3.8) is 0 Å². The van der Waals surface area contributed by atoms with Gasteiger partial charge < -0.3 is 10.2 Å². The first kappa shape index (κ1) is 15.0. The molecule has 0 radical (unpaired) electrons. The number of anilines is 1.